The standard InChI is InChI=1S/C23H17N7OS/c31-23(19-12-25-22(32-19)17-7-3-4-9-24-17)30-10-8-16-20(27-13-26-16)21(30)18-11-14-5-1-2-6-15(14)28-29-18/h1-7,9,11-13,21H,8,10H2,(H,26,27)/t21-/m0/s1. The number of carbonyl (C=O) groups is 1. The third-order valence-electron chi connectivity index (χ3n) is 5.58. The summed E-state index contributed by atoms with van der Waals surface area (Å²) < 4.78 is 0. The van der Waals surface area contributed by atoms with E-state index in [9.17, 15) is 4.79 Å². The fraction of sp³-hybridized carbons (Fsp3) is 0.130. The molecule has 1 atom stereocenters. The first-order valence-electron chi connectivity index (χ1n) is 10.2. The molecule has 0 unspecified atom stereocenters. The van der Waals surface area contributed by atoms with Gasteiger partial charge < -0.3 is 9.88 Å². The summed E-state index contributed by atoms with van der Waals surface area (Å²) in [7, 11) is 0. The van der Waals surface area contributed by atoms with Crippen LogP contribution >= 0.6 is 11.3 Å². The molecule has 1 aliphatic heterocycles. The number of pyridine rings is 1. The second-order valence-electron chi connectivity index (χ2n) is 7.49. The molecule has 1 aliphatic rings. The van der Waals surface area contributed by atoms with Crippen molar-refractivity contribution in [2.75, 3.05) is 6.54 Å². The number of thiazole rings is 1. The van der Waals surface area contributed by atoms with Gasteiger partial charge in [0.1, 0.15) is 15.9 Å². The molecule has 0 saturated heterocycles. The average Bonchev–Trinajstić information content (AvgIpc) is 3.53. The van der Waals surface area contributed by atoms with Gasteiger partial charge in [-0.1, -0.05) is 24.3 Å². The van der Waals surface area contributed by atoms with Crippen LogP contribution in [-0.4, -0.2) is 47.5 Å². The van der Waals surface area contributed by atoms with Crippen LogP contribution in [0.3, 0.4) is 0 Å². The Morgan fingerprint density at radius 2 is 1.97 bits per heavy atom. The highest BCUT2D eigenvalue weighted by Crippen LogP contribution is 2.35. The molecule has 1 amide bonds. The number of fused-ring (bicyclic) bond motifs is 2. The topological polar surface area (TPSA) is 101 Å². The molecule has 0 aliphatic carbocycles. The number of benzene rings is 1. The van der Waals surface area contributed by atoms with Crippen LogP contribution in [0, 0.1) is 0 Å². The van der Waals surface area contributed by atoms with Gasteiger partial charge in [-0.25, -0.2) is 9.97 Å². The maximum Gasteiger partial charge on any atom is 0.266 e. The molecular formula is C23H17N7OS. The maximum atomic E-state index is 13.6. The molecule has 5 heterocycles. The van der Waals surface area contributed by atoms with Gasteiger partial charge in [0.05, 0.1) is 35.1 Å². The van der Waals surface area contributed by atoms with Crippen LogP contribution in [0.15, 0.2) is 67.3 Å². The predicted octanol–water partition coefficient (Wildman–Crippen LogP) is 3.66. The molecule has 0 bridgehead atoms. The third-order valence-corrected chi connectivity index (χ3v) is 6.59. The third kappa shape index (κ3) is 3.14. The van der Waals surface area contributed by atoms with Crippen molar-refractivity contribution in [2.24, 2.45) is 0 Å². The van der Waals surface area contributed by atoms with Gasteiger partial charge in [0.25, 0.3) is 5.91 Å². The minimum atomic E-state index is -0.421. The second-order valence-corrected chi connectivity index (χ2v) is 8.52. The van der Waals surface area contributed by atoms with Crippen LogP contribution in [0.25, 0.3) is 21.6 Å². The van der Waals surface area contributed by atoms with Gasteiger partial charge in [-0.05, 0) is 24.3 Å². The van der Waals surface area contributed by atoms with E-state index in [2.05, 4.69) is 30.1 Å². The molecule has 6 rings (SSSR count). The summed E-state index contributed by atoms with van der Waals surface area (Å²) >= 11 is 1.34. The van der Waals surface area contributed by atoms with Crippen LogP contribution in [0.1, 0.15) is 32.8 Å². The lowest BCUT2D eigenvalue weighted by Crippen LogP contribution is -2.41. The zero-order valence-electron chi connectivity index (χ0n) is 16.8. The maximum absolute atomic E-state index is 13.6. The number of hydrogen-bond donors (Lipinski definition) is 1. The monoisotopic (exact) mass is 439 g/mol. The fourth-order valence-corrected chi connectivity index (χ4v) is 4.90. The number of nitrogens with zero attached hydrogens (tertiary/aromatic N) is 6. The predicted molar refractivity (Wildman–Crippen MR) is 120 cm³/mol. The highest BCUT2D eigenvalue weighted by atomic mass is 32.1. The molecule has 0 fully saturated rings. The van der Waals surface area contributed by atoms with Crippen molar-refractivity contribution in [1.82, 2.24) is 35.0 Å². The first kappa shape index (κ1) is 18.8. The Hall–Kier alpha value is -3.98. The molecule has 9 heteroatoms. The van der Waals surface area contributed by atoms with Crippen LogP contribution in [0.4, 0.5) is 0 Å². The number of hydrogen-bond acceptors (Lipinski definition) is 7. The van der Waals surface area contributed by atoms with Gasteiger partial charge >= 0.3 is 0 Å². The first-order valence-corrected chi connectivity index (χ1v) is 11.0. The average molecular weight is 440 g/mol. The molecule has 4 aromatic heterocycles. The van der Waals surface area contributed by atoms with E-state index in [-0.39, 0.29) is 5.91 Å². The van der Waals surface area contributed by atoms with Gasteiger partial charge in [0.15, 0.2) is 0 Å². The Bertz CT molecular complexity index is 1430. The van der Waals surface area contributed by atoms with E-state index in [0.29, 0.717) is 28.5 Å². The number of nitrogens with one attached hydrogen (secondary N) is 1. The van der Waals surface area contributed by atoms with Crippen LogP contribution in [-0.2, 0) is 6.42 Å². The minimum absolute atomic E-state index is 0.0988. The van der Waals surface area contributed by atoms with Crippen molar-refractivity contribution in [3.8, 4) is 10.7 Å². The number of carbonyl (C=O) groups excluding carboxylic acids is 1. The molecular weight excluding hydrogens is 422 g/mol. The summed E-state index contributed by atoms with van der Waals surface area (Å²) in [4.78, 5) is 32.5. The van der Waals surface area contributed by atoms with E-state index in [4.69, 9.17) is 0 Å². The summed E-state index contributed by atoms with van der Waals surface area (Å²) in [5, 5.41) is 10.5. The minimum Gasteiger partial charge on any atom is -0.348 e. The van der Waals surface area contributed by atoms with Crippen LogP contribution in [0.5, 0.6) is 0 Å². The molecule has 1 aromatic carbocycles. The Morgan fingerprint density at radius 1 is 1.06 bits per heavy atom. The molecule has 0 radical (unpaired) electrons. The normalized spacial score (nSPS) is 15.6. The van der Waals surface area contributed by atoms with Gasteiger partial charge in [-0.3, -0.25) is 9.78 Å². The van der Waals surface area contributed by atoms with E-state index >= 15 is 0 Å². The number of amides is 1. The van der Waals surface area contributed by atoms with Crippen LogP contribution < -0.4 is 0 Å². The fourth-order valence-electron chi connectivity index (χ4n) is 4.05. The van der Waals surface area contributed by atoms with Crippen LogP contribution in [0.2, 0.25) is 0 Å². The summed E-state index contributed by atoms with van der Waals surface area (Å²) in [5.41, 5.74) is 4.09. The van der Waals surface area contributed by atoms with Gasteiger partial charge in [0, 0.05) is 30.2 Å². The smallest absolute Gasteiger partial charge is 0.266 e. The molecule has 156 valence electrons. The largest absolute Gasteiger partial charge is 0.348 e. The number of aromatic amines is 1. The summed E-state index contributed by atoms with van der Waals surface area (Å²) in [6.07, 6.45) is 5.72. The lowest BCUT2D eigenvalue weighted by molar-refractivity contribution is 0.0691. The van der Waals surface area contributed by atoms with E-state index in [1.807, 2.05) is 53.4 Å². The Morgan fingerprint density at radius 3 is 2.88 bits per heavy atom. The van der Waals surface area contributed by atoms with Crippen molar-refractivity contribution in [1.29, 1.82) is 0 Å². The molecule has 1 N–H and O–H groups in total. The highest BCUT2D eigenvalue weighted by Gasteiger charge is 2.36. The van der Waals surface area contributed by atoms with E-state index < -0.39 is 6.04 Å². The SMILES string of the molecule is O=C(c1cnc(-c2ccccn2)s1)N1CCc2[nH]cnc2[C@@H]1c1cc2ccccc2nn1. The zero-order chi connectivity index (χ0) is 21.5. The van der Waals surface area contributed by atoms with E-state index in [1.54, 1.807) is 18.7 Å². The van der Waals surface area contributed by atoms with E-state index in [0.717, 1.165) is 28.0 Å². The lowest BCUT2D eigenvalue weighted by atomic mass is 9.98. The summed E-state index contributed by atoms with van der Waals surface area (Å²) in [6.45, 7) is 0.546. The molecule has 5 aromatic rings. The number of H-pyrrole nitrogens is 1. The van der Waals surface area contributed by atoms with Gasteiger partial charge in [-0.2, -0.15) is 10.2 Å². The highest BCUT2D eigenvalue weighted by molar-refractivity contribution is 7.16. The summed E-state index contributed by atoms with van der Waals surface area (Å²) in [5.74, 6) is -0.0988. The van der Waals surface area contributed by atoms with Gasteiger partial charge in [-0.15, -0.1) is 11.3 Å². The lowest BCUT2D eigenvalue weighted by Gasteiger charge is -2.34. The molecule has 0 saturated carbocycles. The van der Waals surface area contributed by atoms with Crippen molar-refractivity contribution in [2.45, 2.75) is 12.5 Å². The van der Waals surface area contributed by atoms with E-state index in [1.165, 1.54) is 11.3 Å². The number of aromatic nitrogens is 6. The molecule has 8 nitrogen and oxygen atoms in total. The zero-order valence-corrected chi connectivity index (χ0v) is 17.7. The second kappa shape index (κ2) is 7.61. The number of rotatable bonds is 3. The molecule has 32 heavy (non-hydrogen) atoms. The van der Waals surface area contributed by atoms with Gasteiger partial charge in [0.2, 0.25) is 0 Å². The summed E-state index contributed by atoms with van der Waals surface area (Å²) in [6, 6.07) is 15.0. The quantitative estimate of drug-likeness (QED) is 0.460. The van der Waals surface area contributed by atoms with Crippen molar-refractivity contribution < 1.29 is 4.79 Å². The molecule has 0 spiro atoms. The Kier molecular flexibility index (Phi) is 4.46. The van der Waals surface area contributed by atoms with Crippen molar-refractivity contribution in [3.05, 3.63) is 89.2 Å². The Balaban J connectivity index is 1.40. The van der Waals surface area contributed by atoms with Crippen molar-refractivity contribution in [3.63, 3.8) is 0 Å². The number of imidazole rings is 1. The first-order chi connectivity index (χ1) is 15.8. The van der Waals surface area contributed by atoms with Crippen molar-refractivity contribution >= 4 is 28.1 Å². The Labute approximate surface area is 187 Å².